The molecule has 0 aliphatic carbocycles. The molecule has 3 aromatic carbocycles. The van der Waals surface area contributed by atoms with Crippen LogP contribution in [0.25, 0.3) is 22.4 Å². The van der Waals surface area contributed by atoms with E-state index in [1.807, 2.05) is 84.9 Å². The molecule has 0 radical (unpaired) electrons. The molecule has 5 rings (SSSR count). The van der Waals surface area contributed by atoms with Crippen molar-refractivity contribution in [3.8, 4) is 17.3 Å². The number of aryl methyl sites for hydroxylation is 1. The highest BCUT2D eigenvalue weighted by atomic mass is 16.4. The summed E-state index contributed by atoms with van der Waals surface area (Å²) < 4.78 is 6.68. The summed E-state index contributed by atoms with van der Waals surface area (Å²) in [7, 11) is 1.68. The van der Waals surface area contributed by atoms with Gasteiger partial charge in [0.25, 0.3) is 0 Å². The second-order valence-corrected chi connectivity index (χ2v) is 8.22. The van der Waals surface area contributed by atoms with Crippen molar-refractivity contribution in [2.45, 2.75) is 12.5 Å². The molecule has 1 atom stereocenters. The van der Waals surface area contributed by atoms with Crippen LogP contribution < -0.4 is 5.76 Å². The van der Waals surface area contributed by atoms with Crippen LogP contribution >= 0.6 is 0 Å². The van der Waals surface area contributed by atoms with Gasteiger partial charge in [-0.15, -0.1) is 0 Å². The van der Waals surface area contributed by atoms with Crippen molar-refractivity contribution in [1.82, 2.24) is 9.55 Å². The predicted molar refractivity (Wildman–Crippen MR) is 136 cm³/mol. The van der Waals surface area contributed by atoms with Crippen molar-refractivity contribution in [3.05, 3.63) is 124 Å². The summed E-state index contributed by atoms with van der Waals surface area (Å²) in [5.74, 6) is -0.395. The number of nitriles is 1. The molecule has 2 heterocycles. The summed E-state index contributed by atoms with van der Waals surface area (Å²) in [6, 6.07) is 31.0. The van der Waals surface area contributed by atoms with Crippen LogP contribution in [-0.4, -0.2) is 21.3 Å². The molecule has 6 heteroatoms. The van der Waals surface area contributed by atoms with Crippen molar-refractivity contribution < 1.29 is 4.42 Å². The Labute approximate surface area is 202 Å². The van der Waals surface area contributed by atoms with Crippen molar-refractivity contribution in [3.63, 3.8) is 0 Å². The van der Waals surface area contributed by atoms with Crippen LogP contribution in [-0.2, 0) is 13.5 Å². The largest absolute Gasteiger partial charge is 0.419 e. The number of aliphatic imine (C=N–C) groups is 1. The van der Waals surface area contributed by atoms with E-state index in [2.05, 4.69) is 11.1 Å². The summed E-state index contributed by atoms with van der Waals surface area (Å²) in [6.07, 6.45) is 2.22. The minimum atomic E-state index is -0.560. The van der Waals surface area contributed by atoms with Gasteiger partial charge >= 0.3 is 5.76 Å². The smallest absolute Gasteiger partial charge is 0.408 e. The Morgan fingerprint density at radius 2 is 1.69 bits per heavy atom. The molecule has 0 bridgehead atoms. The molecule has 0 fully saturated rings. The summed E-state index contributed by atoms with van der Waals surface area (Å²) in [5.41, 5.74) is 6.56. The van der Waals surface area contributed by atoms with Crippen LogP contribution in [0.5, 0.6) is 0 Å². The number of hydrogen-bond donors (Lipinski definition) is 0. The van der Waals surface area contributed by atoms with Gasteiger partial charge < -0.3 is 4.42 Å². The first-order valence-corrected chi connectivity index (χ1v) is 11.3. The Kier molecular flexibility index (Phi) is 6.06. The first kappa shape index (κ1) is 22.1. The van der Waals surface area contributed by atoms with Crippen molar-refractivity contribution in [1.29, 1.82) is 5.26 Å². The minimum Gasteiger partial charge on any atom is -0.408 e. The van der Waals surface area contributed by atoms with Gasteiger partial charge in [-0.05, 0) is 29.8 Å². The molecule has 35 heavy (non-hydrogen) atoms. The van der Waals surface area contributed by atoms with Crippen molar-refractivity contribution in [2.75, 3.05) is 0 Å². The van der Waals surface area contributed by atoms with Gasteiger partial charge in [-0.1, -0.05) is 66.7 Å². The van der Waals surface area contributed by atoms with Crippen LogP contribution in [0.4, 0.5) is 0 Å². The lowest BCUT2D eigenvalue weighted by molar-refractivity contribution is 0.528. The van der Waals surface area contributed by atoms with Gasteiger partial charge in [0, 0.05) is 36.4 Å². The van der Waals surface area contributed by atoms with E-state index in [0.717, 1.165) is 33.7 Å². The highest BCUT2D eigenvalue weighted by Crippen LogP contribution is 2.23. The van der Waals surface area contributed by atoms with E-state index in [1.54, 1.807) is 19.3 Å². The van der Waals surface area contributed by atoms with Gasteiger partial charge in [-0.3, -0.25) is 14.5 Å². The molecule has 0 aliphatic rings. The van der Waals surface area contributed by atoms with Gasteiger partial charge in [0.15, 0.2) is 5.58 Å². The molecular weight excluding hydrogens is 436 g/mol. The average Bonchev–Trinajstić information content (AvgIpc) is 3.20. The summed E-state index contributed by atoms with van der Waals surface area (Å²) in [5, 5.41) is 9.88. The third-order valence-electron chi connectivity index (χ3n) is 5.87. The van der Waals surface area contributed by atoms with Gasteiger partial charge in [-0.25, -0.2) is 4.79 Å². The predicted octanol–water partition coefficient (Wildman–Crippen LogP) is 5.17. The minimum absolute atomic E-state index is 0.395. The Bertz CT molecular complexity index is 1550. The fourth-order valence-corrected chi connectivity index (χ4v) is 4.01. The zero-order valence-electron chi connectivity index (χ0n) is 19.1. The topological polar surface area (TPSA) is 84.2 Å². The van der Waals surface area contributed by atoms with Gasteiger partial charge in [-0.2, -0.15) is 5.26 Å². The van der Waals surface area contributed by atoms with E-state index in [-0.39, 0.29) is 0 Å². The van der Waals surface area contributed by atoms with Gasteiger partial charge in [0.2, 0.25) is 0 Å². The number of pyridine rings is 1. The second-order valence-electron chi connectivity index (χ2n) is 8.22. The first-order valence-electron chi connectivity index (χ1n) is 11.3. The third-order valence-corrected chi connectivity index (χ3v) is 5.87. The molecule has 170 valence electrons. The van der Waals surface area contributed by atoms with E-state index in [4.69, 9.17) is 9.41 Å². The SMILES string of the molecule is Cn1c(=O)oc2ccc(-c3ccc(CC(C#N)N=C(c4ccccc4)c4ccccc4)cn3)cc21. The molecule has 0 N–H and O–H groups in total. The fourth-order valence-electron chi connectivity index (χ4n) is 4.01. The molecule has 5 aromatic rings. The number of aromatic nitrogens is 2. The number of oxazole rings is 1. The highest BCUT2D eigenvalue weighted by molar-refractivity contribution is 6.13. The van der Waals surface area contributed by atoms with Crippen molar-refractivity contribution in [2.24, 2.45) is 12.0 Å². The zero-order valence-corrected chi connectivity index (χ0v) is 19.1. The number of hydrogen-bond acceptors (Lipinski definition) is 5. The Morgan fingerprint density at radius 1 is 1.00 bits per heavy atom. The van der Waals surface area contributed by atoms with Crippen LogP contribution in [0.15, 0.2) is 111 Å². The lowest BCUT2D eigenvalue weighted by atomic mass is 10.0. The van der Waals surface area contributed by atoms with E-state index < -0.39 is 11.8 Å². The molecule has 0 aliphatic heterocycles. The van der Waals surface area contributed by atoms with Gasteiger partial charge in [0.1, 0.15) is 6.04 Å². The van der Waals surface area contributed by atoms with Crippen LogP contribution in [0.2, 0.25) is 0 Å². The number of nitrogens with zero attached hydrogens (tertiary/aromatic N) is 4. The first-order chi connectivity index (χ1) is 17.1. The molecule has 0 amide bonds. The number of benzene rings is 3. The summed E-state index contributed by atoms with van der Waals surface area (Å²) in [4.78, 5) is 21.2. The van der Waals surface area contributed by atoms with E-state index in [0.29, 0.717) is 17.5 Å². The van der Waals surface area contributed by atoms with Crippen molar-refractivity contribution >= 4 is 16.8 Å². The van der Waals surface area contributed by atoms with E-state index in [1.165, 1.54) is 4.57 Å². The van der Waals surface area contributed by atoms with Crippen LogP contribution in [0.3, 0.4) is 0 Å². The normalized spacial score (nSPS) is 11.7. The van der Waals surface area contributed by atoms with Crippen LogP contribution in [0.1, 0.15) is 16.7 Å². The molecule has 2 aromatic heterocycles. The standard InChI is InChI=1S/C29H22N4O2/c1-33-26-17-23(13-15-27(26)35-29(33)34)25-14-12-20(19-31-25)16-24(18-30)32-28(21-8-4-2-5-9-21)22-10-6-3-7-11-22/h2-15,17,19,24H,16H2,1H3. The Hall–Kier alpha value is -4.76. The molecule has 6 nitrogen and oxygen atoms in total. The van der Waals surface area contributed by atoms with E-state index >= 15 is 0 Å². The summed E-state index contributed by atoms with van der Waals surface area (Å²) >= 11 is 0. The maximum atomic E-state index is 11.8. The molecule has 0 saturated carbocycles. The van der Waals surface area contributed by atoms with Crippen LogP contribution in [0, 0.1) is 11.3 Å². The van der Waals surface area contributed by atoms with E-state index in [9.17, 15) is 10.1 Å². The van der Waals surface area contributed by atoms with Gasteiger partial charge in [0.05, 0.1) is 23.0 Å². The average molecular weight is 459 g/mol. The zero-order chi connectivity index (χ0) is 24.2. The maximum absolute atomic E-state index is 11.8. The quantitative estimate of drug-likeness (QED) is 0.329. The highest BCUT2D eigenvalue weighted by Gasteiger charge is 2.13. The molecule has 1 unspecified atom stereocenters. The Morgan fingerprint density at radius 3 is 2.29 bits per heavy atom. The third kappa shape index (κ3) is 4.66. The lowest BCUT2D eigenvalue weighted by Crippen LogP contribution is -2.12. The molecular formula is C29H22N4O2. The maximum Gasteiger partial charge on any atom is 0.419 e. The number of rotatable bonds is 6. The molecule has 0 spiro atoms. The summed E-state index contributed by atoms with van der Waals surface area (Å²) in [6.45, 7) is 0. The lowest BCUT2D eigenvalue weighted by Gasteiger charge is -2.11. The second kappa shape index (κ2) is 9.62. The fraction of sp³-hybridized carbons (Fsp3) is 0.103. The monoisotopic (exact) mass is 458 g/mol. The Balaban J connectivity index is 1.42. The molecule has 0 saturated heterocycles. The number of fused-ring (bicyclic) bond motifs is 1.